The molecule has 0 radical (unpaired) electrons. The van der Waals surface area contributed by atoms with Gasteiger partial charge in [0.2, 0.25) is 5.52 Å². The van der Waals surface area contributed by atoms with Crippen molar-refractivity contribution in [3.8, 4) is 0 Å². The van der Waals surface area contributed by atoms with Crippen LogP contribution in [0.4, 0.5) is 0 Å². The van der Waals surface area contributed by atoms with Gasteiger partial charge in [-0.15, -0.1) is 0 Å². The number of nitrogens with one attached hydrogen (secondary N) is 1. The number of H-pyrrole nitrogens is 1. The first-order valence-electron chi connectivity index (χ1n) is 11.8. The molecule has 1 fully saturated rings. The summed E-state index contributed by atoms with van der Waals surface area (Å²) in [6.07, 6.45) is 11.1. The van der Waals surface area contributed by atoms with Crippen LogP contribution in [-0.2, 0) is 0 Å². The quantitative estimate of drug-likeness (QED) is 0.637. The molecule has 0 spiro atoms. The number of benzene rings is 1. The normalized spacial score (nSPS) is 32.9. The van der Waals surface area contributed by atoms with Crippen molar-refractivity contribution in [2.45, 2.75) is 66.2 Å². The maximum absolute atomic E-state index is 13.9. The van der Waals surface area contributed by atoms with Crippen molar-refractivity contribution in [3.05, 3.63) is 52.5 Å². The molecule has 4 unspecified atom stereocenters. The van der Waals surface area contributed by atoms with E-state index in [0.29, 0.717) is 22.9 Å². The average Bonchev–Trinajstić information content (AvgIpc) is 3.09. The van der Waals surface area contributed by atoms with E-state index in [1.165, 1.54) is 16.8 Å². The Balaban J connectivity index is 1.56. The van der Waals surface area contributed by atoms with E-state index in [2.05, 4.69) is 44.9 Å². The summed E-state index contributed by atoms with van der Waals surface area (Å²) in [7, 11) is 0. The molecular formula is C26H34N3O2+. The monoisotopic (exact) mass is 420 g/mol. The van der Waals surface area contributed by atoms with Gasteiger partial charge >= 0.3 is 5.91 Å². The molecule has 5 rings (SSSR count). The van der Waals surface area contributed by atoms with Gasteiger partial charge in [-0.1, -0.05) is 64.0 Å². The molecule has 1 heterocycles. The number of carbonyl (C=O) groups is 1. The first-order chi connectivity index (χ1) is 14.8. The molecule has 3 aliphatic carbocycles. The fourth-order valence-electron chi connectivity index (χ4n) is 6.98. The summed E-state index contributed by atoms with van der Waals surface area (Å²) in [5.41, 5.74) is 3.77. The van der Waals surface area contributed by atoms with Crippen LogP contribution in [0.5, 0.6) is 0 Å². The van der Waals surface area contributed by atoms with Gasteiger partial charge in [0, 0.05) is 4.80 Å². The average molecular weight is 421 g/mol. The lowest BCUT2D eigenvalue weighted by Crippen LogP contribution is -2.56. The summed E-state index contributed by atoms with van der Waals surface area (Å²) in [4.78, 5) is 28.0. The smallest absolute Gasteiger partial charge is 0.266 e. The summed E-state index contributed by atoms with van der Waals surface area (Å²) in [5.74, 6) is 1.24. The molecule has 5 nitrogen and oxygen atoms in total. The molecule has 5 heteroatoms. The predicted molar refractivity (Wildman–Crippen MR) is 122 cm³/mol. The Morgan fingerprint density at radius 1 is 1.23 bits per heavy atom. The van der Waals surface area contributed by atoms with Crippen molar-refractivity contribution in [2.75, 3.05) is 0 Å². The van der Waals surface area contributed by atoms with Crippen LogP contribution in [0, 0.1) is 33.5 Å². The second-order valence-corrected chi connectivity index (χ2v) is 10.8. The summed E-state index contributed by atoms with van der Waals surface area (Å²) in [5, 5.41) is 3.06. The Labute approximate surface area is 183 Å². The molecule has 1 aromatic heterocycles. The predicted octanol–water partition coefficient (Wildman–Crippen LogP) is 5.66. The van der Waals surface area contributed by atoms with E-state index in [9.17, 15) is 9.70 Å². The lowest BCUT2D eigenvalue weighted by Gasteiger charge is -2.57. The van der Waals surface area contributed by atoms with Crippen molar-refractivity contribution in [1.29, 1.82) is 0 Å². The molecule has 0 aliphatic heterocycles. The number of carbonyl (C=O) groups excluding carboxylic acids is 1. The molecule has 3 aliphatic rings. The van der Waals surface area contributed by atoms with Gasteiger partial charge in [-0.3, -0.25) is 4.79 Å². The van der Waals surface area contributed by atoms with Gasteiger partial charge in [0.15, 0.2) is 5.52 Å². The van der Waals surface area contributed by atoms with Crippen LogP contribution in [0.25, 0.3) is 11.0 Å². The van der Waals surface area contributed by atoms with Crippen molar-refractivity contribution in [3.63, 3.8) is 0 Å². The molecule has 31 heavy (non-hydrogen) atoms. The third-order valence-corrected chi connectivity index (χ3v) is 8.78. The van der Waals surface area contributed by atoms with Crippen LogP contribution in [0.1, 0.15) is 71.0 Å². The molecule has 0 bridgehead atoms. The second-order valence-electron chi connectivity index (χ2n) is 10.8. The topological polar surface area (TPSA) is 60.8 Å². The lowest BCUT2D eigenvalue weighted by atomic mass is 9.46. The van der Waals surface area contributed by atoms with Gasteiger partial charge in [0.1, 0.15) is 0 Å². The zero-order chi connectivity index (χ0) is 22.0. The standard InChI is InChI=1S/C26H34N3O2/c1-17(2)18-10-12-20-19(16-18)11-13-23-25(20,3)14-7-15-26(23,4)24(30)28-27-21-8-5-6-9-22(21)29(28)31/h5-6,8-9,11,16-17,20,23,27H,7,10,12-15H2,1-4H3/q+1. The van der Waals surface area contributed by atoms with Crippen LogP contribution in [-0.4, -0.2) is 15.8 Å². The summed E-state index contributed by atoms with van der Waals surface area (Å²) < 4.78 is 0.733. The summed E-state index contributed by atoms with van der Waals surface area (Å²) in [6, 6.07) is 7.31. The Morgan fingerprint density at radius 3 is 2.74 bits per heavy atom. The first-order valence-corrected chi connectivity index (χ1v) is 11.8. The van der Waals surface area contributed by atoms with Crippen LogP contribution in [0.3, 0.4) is 0 Å². The highest BCUT2D eigenvalue weighted by molar-refractivity contribution is 5.84. The van der Waals surface area contributed by atoms with Crippen LogP contribution >= 0.6 is 0 Å². The number of allylic oxidation sites excluding steroid dienone is 4. The minimum Gasteiger partial charge on any atom is -0.266 e. The zero-order valence-electron chi connectivity index (χ0n) is 19.1. The number of para-hydroxylation sites is 2. The third kappa shape index (κ3) is 2.92. The molecule has 4 atom stereocenters. The Kier molecular flexibility index (Phi) is 4.65. The minimum absolute atomic E-state index is 0.0893. The van der Waals surface area contributed by atoms with E-state index in [4.69, 9.17) is 0 Å². The number of nitrogens with zero attached hydrogens (tertiary/aromatic N) is 2. The highest BCUT2D eigenvalue weighted by Crippen LogP contribution is 2.62. The number of rotatable bonds is 2. The molecule has 164 valence electrons. The van der Waals surface area contributed by atoms with E-state index in [0.717, 1.165) is 36.6 Å². The van der Waals surface area contributed by atoms with Crippen LogP contribution in [0.15, 0.2) is 47.6 Å². The molecule has 0 amide bonds. The molecular weight excluding hydrogens is 386 g/mol. The third-order valence-electron chi connectivity index (χ3n) is 8.78. The maximum atomic E-state index is 13.9. The lowest BCUT2D eigenvalue weighted by molar-refractivity contribution is -0.559. The maximum Gasteiger partial charge on any atom is 0.311 e. The van der Waals surface area contributed by atoms with Crippen molar-refractivity contribution >= 4 is 16.9 Å². The minimum atomic E-state index is -0.561. The van der Waals surface area contributed by atoms with E-state index in [1.54, 1.807) is 11.6 Å². The fourth-order valence-corrected chi connectivity index (χ4v) is 6.98. The fraction of sp³-hybridized carbons (Fsp3) is 0.577. The number of hydrogen-bond donors (Lipinski definition) is 1. The van der Waals surface area contributed by atoms with E-state index >= 15 is 0 Å². The number of fused-ring (bicyclic) bond motifs is 4. The summed E-state index contributed by atoms with van der Waals surface area (Å²) >= 11 is 0. The van der Waals surface area contributed by atoms with Crippen molar-refractivity contribution in [2.24, 2.45) is 28.6 Å². The number of hydrogen-bond acceptors (Lipinski definition) is 2. The molecule has 0 saturated heterocycles. The number of aromatic nitrogens is 3. The van der Waals surface area contributed by atoms with Gasteiger partial charge < -0.3 is 0 Å². The highest BCUT2D eigenvalue weighted by Gasteiger charge is 2.58. The first kappa shape index (κ1) is 20.5. The second kappa shape index (κ2) is 7.04. The Bertz CT molecular complexity index is 1170. The Morgan fingerprint density at radius 2 is 2.00 bits per heavy atom. The van der Waals surface area contributed by atoms with Gasteiger partial charge in [0.05, 0.1) is 9.96 Å². The number of aromatic amines is 1. The molecule has 1 aromatic carbocycles. The molecule has 1 N–H and O–H groups in total. The van der Waals surface area contributed by atoms with E-state index < -0.39 is 5.41 Å². The van der Waals surface area contributed by atoms with Crippen molar-refractivity contribution < 1.29 is 9.34 Å². The van der Waals surface area contributed by atoms with Gasteiger partial charge in [-0.25, -0.2) is 0 Å². The molecule has 1 saturated carbocycles. The van der Waals surface area contributed by atoms with E-state index in [-0.39, 0.29) is 17.2 Å². The van der Waals surface area contributed by atoms with Crippen LogP contribution < -0.4 is 4.54 Å². The van der Waals surface area contributed by atoms with E-state index in [1.807, 2.05) is 18.2 Å². The van der Waals surface area contributed by atoms with Gasteiger partial charge in [0.25, 0.3) is 0 Å². The summed E-state index contributed by atoms with van der Waals surface area (Å²) in [6.45, 7) is 9.08. The van der Waals surface area contributed by atoms with Crippen molar-refractivity contribution in [1.82, 2.24) is 9.90 Å². The zero-order valence-corrected chi connectivity index (χ0v) is 19.1. The largest absolute Gasteiger partial charge is 0.311 e. The molecule has 2 aromatic rings. The highest BCUT2D eigenvalue weighted by atomic mass is 16.3. The Hall–Kier alpha value is -2.43. The SMILES string of the molecule is CC(C)C1=CC2=CCC3C(C)(C(=O)n4[nH]c5ccccc5[n+]4=O)CCCC3(C)C2CC1. The van der Waals surface area contributed by atoms with Crippen LogP contribution in [0.2, 0.25) is 0 Å². The van der Waals surface area contributed by atoms with Gasteiger partial charge in [-0.05, 0) is 77.9 Å². The van der Waals surface area contributed by atoms with Gasteiger partial charge in [-0.2, -0.15) is 5.10 Å².